The summed E-state index contributed by atoms with van der Waals surface area (Å²) in [6.07, 6.45) is 0.998. The first-order chi connectivity index (χ1) is 13.6. The molecule has 1 saturated heterocycles. The van der Waals surface area contributed by atoms with Crippen molar-refractivity contribution >= 4 is 21.8 Å². The number of carbonyl (C=O) groups excluding carboxylic acids is 2. The zero-order valence-corrected chi connectivity index (χ0v) is 18.8. The Morgan fingerprint density at radius 2 is 1.59 bits per heavy atom. The lowest BCUT2D eigenvalue weighted by Gasteiger charge is -2.36. The molecule has 1 aliphatic heterocycles. The summed E-state index contributed by atoms with van der Waals surface area (Å²) in [7, 11) is -3.59. The van der Waals surface area contributed by atoms with E-state index in [0.717, 1.165) is 12.0 Å². The number of sulfonamides is 1. The molecule has 2 rings (SSSR count). The van der Waals surface area contributed by atoms with Gasteiger partial charge in [-0.25, -0.2) is 8.42 Å². The fraction of sp³-hybridized carbons (Fsp3) is 0.619. The van der Waals surface area contributed by atoms with E-state index >= 15 is 0 Å². The molecule has 0 saturated carbocycles. The first-order valence-electron chi connectivity index (χ1n) is 10.2. The minimum Gasteiger partial charge on any atom is -0.344 e. The lowest BCUT2D eigenvalue weighted by atomic mass is 9.99. The van der Waals surface area contributed by atoms with Crippen LogP contribution < -0.4 is 5.32 Å². The Kier molecular flexibility index (Phi) is 7.82. The van der Waals surface area contributed by atoms with Crippen LogP contribution in [0.15, 0.2) is 29.2 Å². The Hall–Kier alpha value is -1.93. The van der Waals surface area contributed by atoms with Gasteiger partial charge in [0.1, 0.15) is 6.04 Å². The highest BCUT2D eigenvalue weighted by atomic mass is 32.2. The van der Waals surface area contributed by atoms with Gasteiger partial charge in [0.2, 0.25) is 21.8 Å². The molecule has 2 amide bonds. The standard InChI is InChI=1S/C21H33N3O4S/c1-6-16(4)18-7-9-19(10-8-18)29(27,28)24-13-11-23(12-14-24)21(26)20(15(2)3)22-17(5)25/h7-10,15-16,20H,6,11-14H2,1-5H3,(H,22,25)/t16-,20-/m0/s1. The van der Waals surface area contributed by atoms with Gasteiger partial charge in [-0.2, -0.15) is 4.31 Å². The average Bonchev–Trinajstić information content (AvgIpc) is 2.70. The molecule has 0 aromatic heterocycles. The lowest BCUT2D eigenvalue weighted by molar-refractivity contribution is -0.138. The summed E-state index contributed by atoms with van der Waals surface area (Å²) in [6.45, 7) is 10.5. The van der Waals surface area contributed by atoms with Crippen LogP contribution in [0.3, 0.4) is 0 Å². The highest BCUT2D eigenvalue weighted by Gasteiger charge is 2.33. The van der Waals surface area contributed by atoms with E-state index in [1.807, 2.05) is 26.0 Å². The topological polar surface area (TPSA) is 86.8 Å². The van der Waals surface area contributed by atoms with E-state index < -0.39 is 16.1 Å². The second kappa shape index (κ2) is 9.71. The normalized spacial score (nSPS) is 17.8. The third-order valence-corrected chi connectivity index (χ3v) is 7.45. The third kappa shape index (κ3) is 5.57. The molecule has 0 spiro atoms. The van der Waals surface area contributed by atoms with Gasteiger partial charge < -0.3 is 10.2 Å². The molecule has 1 aromatic rings. The van der Waals surface area contributed by atoms with Crippen LogP contribution in [0, 0.1) is 5.92 Å². The minimum absolute atomic E-state index is 0.0443. The molecular weight excluding hydrogens is 390 g/mol. The summed E-state index contributed by atoms with van der Waals surface area (Å²) in [4.78, 5) is 26.1. The highest BCUT2D eigenvalue weighted by molar-refractivity contribution is 7.89. The Morgan fingerprint density at radius 3 is 2.03 bits per heavy atom. The van der Waals surface area contributed by atoms with Crippen molar-refractivity contribution < 1.29 is 18.0 Å². The predicted octanol–water partition coefficient (Wildman–Crippen LogP) is 2.19. The molecule has 0 unspecified atom stereocenters. The van der Waals surface area contributed by atoms with Crippen LogP contribution in [-0.4, -0.2) is 61.7 Å². The fourth-order valence-corrected chi connectivity index (χ4v) is 4.85. The molecule has 1 fully saturated rings. The number of hydrogen-bond acceptors (Lipinski definition) is 4. The Bertz CT molecular complexity index is 813. The number of piperazine rings is 1. The van der Waals surface area contributed by atoms with Crippen LogP contribution in [0.1, 0.15) is 52.5 Å². The Labute approximate surface area is 174 Å². The summed E-state index contributed by atoms with van der Waals surface area (Å²) in [5.74, 6) is -0.0692. The van der Waals surface area contributed by atoms with Gasteiger partial charge in [-0.15, -0.1) is 0 Å². The second-order valence-electron chi connectivity index (χ2n) is 8.03. The van der Waals surface area contributed by atoms with Crippen molar-refractivity contribution in [2.75, 3.05) is 26.2 Å². The van der Waals surface area contributed by atoms with Gasteiger partial charge >= 0.3 is 0 Å². The summed E-state index contributed by atoms with van der Waals surface area (Å²) in [6, 6.07) is 6.49. The number of nitrogens with zero attached hydrogens (tertiary/aromatic N) is 2. The molecule has 29 heavy (non-hydrogen) atoms. The predicted molar refractivity (Wildman–Crippen MR) is 113 cm³/mol. The van der Waals surface area contributed by atoms with E-state index in [-0.39, 0.29) is 35.7 Å². The van der Waals surface area contributed by atoms with E-state index in [0.29, 0.717) is 19.0 Å². The quantitative estimate of drug-likeness (QED) is 0.728. The number of rotatable bonds is 7. The second-order valence-corrected chi connectivity index (χ2v) is 9.97. The number of hydrogen-bond donors (Lipinski definition) is 1. The first-order valence-corrected chi connectivity index (χ1v) is 11.7. The van der Waals surface area contributed by atoms with Crippen molar-refractivity contribution in [1.29, 1.82) is 0 Å². The molecule has 8 heteroatoms. The monoisotopic (exact) mass is 423 g/mol. The minimum atomic E-state index is -3.59. The average molecular weight is 424 g/mol. The van der Waals surface area contributed by atoms with Gasteiger partial charge in [0.25, 0.3) is 0 Å². The van der Waals surface area contributed by atoms with Gasteiger partial charge in [-0.3, -0.25) is 9.59 Å². The van der Waals surface area contributed by atoms with Crippen molar-refractivity contribution in [2.24, 2.45) is 5.92 Å². The van der Waals surface area contributed by atoms with Crippen molar-refractivity contribution in [1.82, 2.24) is 14.5 Å². The van der Waals surface area contributed by atoms with Crippen molar-refractivity contribution in [3.63, 3.8) is 0 Å². The van der Waals surface area contributed by atoms with E-state index in [9.17, 15) is 18.0 Å². The maximum atomic E-state index is 13.0. The SMILES string of the molecule is CC[C@H](C)c1ccc(S(=O)(=O)N2CCN(C(=O)[C@@H](NC(C)=O)C(C)C)CC2)cc1. The van der Waals surface area contributed by atoms with Gasteiger partial charge in [-0.1, -0.05) is 39.8 Å². The molecule has 162 valence electrons. The van der Waals surface area contributed by atoms with E-state index in [2.05, 4.69) is 19.2 Å². The van der Waals surface area contributed by atoms with Crippen molar-refractivity contribution in [3.05, 3.63) is 29.8 Å². The summed E-state index contributed by atoms with van der Waals surface area (Å²) >= 11 is 0. The Balaban J connectivity index is 2.05. The van der Waals surface area contributed by atoms with Crippen LogP contribution in [0.2, 0.25) is 0 Å². The zero-order chi connectivity index (χ0) is 21.8. The van der Waals surface area contributed by atoms with Crippen molar-refractivity contribution in [2.45, 2.75) is 57.9 Å². The third-order valence-electron chi connectivity index (χ3n) is 5.54. The smallest absolute Gasteiger partial charge is 0.245 e. The van der Waals surface area contributed by atoms with Gasteiger partial charge in [-0.05, 0) is 36.0 Å². The molecule has 2 atom stereocenters. The maximum Gasteiger partial charge on any atom is 0.245 e. The van der Waals surface area contributed by atoms with Crippen LogP contribution in [-0.2, 0) is 19.6 Å². The number of benzene rings is 1. The zero-order valence-electron chi connectivity index (χ0n) is 18.0. The van der Waals surface area contributed by atoms with Crippen LogP contribution >= 0.6 is 0 Å². The van der Waals surface area contributed by atoms with Gasteiger partial charge in [0, 0.05) is 33.1 Å². The molecule has 0 radical (unpaired) electrons. The molecule has 7 nitrogen and oxygen atoms in total. The van der Waals surface area contributed by atoms with E-state index in [1.165, 1.54) is 11.2 Å². The van der Waals surface area contributed by atoms with E-state index in [4.69, 9.17) is 0 Å². The molecule has 1 aromatic carbocycles. The van der Waals surface area contributed by atoms with Crippen LogP contribution in [0.4, 0.5) is 0 Å². The largest absolute Gasteiger partial charge is 0.344 e. The number of amides is 2. The molecule has 0 bridgehead atoms. The summed E-state index contributed by atoms with van der Waals surface area (Å²) in [5, 5.41) is 2.70. The maximum absolute atomic E-state index is 13.0. The number of nitrogens with one attached hydrogen (secondary N) is 1. The fourth-order valence-electron chi connectivity index (χ4n) is 3.43. The van der Waals surface area contributed by atoms with E-state index in [1.54, 1.807) is 17.0 Å². The molecule has 0 aliphatic carbocycles. The Morgan fingerprint density at radius 1 is 1.03 bits per heavy atom. The summed E-state index contributed by atoms with van der Waals surface area (Å²) in [5.41, 5.74) is 1.12. The lowest BCUT2D eigenvalue weighted by Crippen LogP contribution is -2.56. The van der Waals surface area contributed by atoms with Crippen molar-refractivity contribution in [3.8, 4) is 0 Å². The van der Waals surface area contributed by atoms with Crippen LogP contribution in [0.25, 0.3) is 0 Å². The highest BCUT2D eigenvalue weighted by Crippen LogP contribution is 2.23. The van der Waals surface area contributed by atoms with Gasteiger partial charge in [0.15, 0.2) is 0 Å². The first kappa shape index (κ1) is 23.3. The molecule has 1 heterocycles. The molecular formula is C21H33N3O4S. The van der Waals surface area contributed by atoms with Gasteiger partial charge in [0.05, 0.1) is 4.90 Å². The molecule has 1 aliphatic rings. The van der Waals surface area contributed by atoms with Crippen LogP contribution in [0.5, 0.6) is 0 Å². The summed E-state index contributed by atoms with van der Waals surface area (Å²) < 4.78 is 27.4. The molecule has 1 N–H and O–H groups in total. The number of carbonyl (C=O) groups is 2.